The maximum absolute atomic E-state index is 12.2. The van der Waals surface area contributed by atoms with Crippen LogP contribution >= 0.6 is 0 Å². The molecule has 0 aliphatic rings. The van der Waals surface area contributed by atoms with Gasteiger partial charge >= 0.3 is 12.0 Å². The van der Waals surface area contributed by atoms with Crippen molar-refractivity contribution in [2.75, 3.05) is 7.11 Å². The molecular formula is C7H6F3N3O6S. The second kappa shape index (κ2) is 5.09. The second-order valence-corrected chi connectivity index (χ2v) is 4.69. The third kappa shape index (κ3) is 3.45. The zero-order valence-electron chi connectivity index (χ0n) is 9.54. The van der Waals surface area contributed by atoms with Crippen molar-refractivity contribution in [3.8, 4) is 11.6 Å². The quantitative estimate of drug-likeness (QED) is 0.632. The Morgan fingerprint density at radius 3 is 2.35 bits per heavy atom. The van der Waals surface area contributed by atoms with E-state index < -0.39 is 43.5 Å². The number of hydrogen-bond acceptors (Lipinski definition) is 7. The summed E-state index contributed by atoms with van der Waals surface area (Å²) in [5.41, 5.74) is -1.41. The molecule has 1 rings (SSSR count). The van der Waals surface area contributed by atoms with E-state index >= 15 is 0 Å². The molecule has 0 radical (unpaired) electrons. The smallest absolute Gasteiger partial charge is 0.476 e. The molecule has 0 saturated heterocycles. The van der Waals surface area contributed by atoms with E-state index in [0.29, 0.717) is 6.20 Å². The molecule has 1 heterocycles. The van der Waals surface area contributed by atoms with Crippen LogP contribution in [0.25, 0.3) is 0 Å². The van der Waals surface area contributed by atoms with Crippen molar-refractivity contribution in [2.45, 2.75) is 11.3 Å². The summed E-state index contributed by atoms with van der Waals surface area (Å²) in [7, 11) is -3.84. The first kappa shape index (κ1) is 15.9. The minimum Gasteiger partial charge on any atom is -0.476 e. The van der Waals surface area contributed by atoms with Crippen molar-refractivity contribution in [3.63, 3.8) is 0 Å². The van der Waals surface area contributed by atoms with Crippen LogP contribution in [-0.2, 0) is 10.0 Å². The summed E-state index contributed by atoms with van der Waals surface area (Å²) in [5, 5.41) is 15.4. The Kier molecular flexibility index (Phi) is 4.04. The number of methoxy groups -OCH3 is 1. The minimum absolute atomic E-state index is 0.363. The maximum atomic E-state index is 12.2. The van der Waals surface area contributed by atoms with E-state index in [1.165, 1.54) is 0 Å². The van der Waals surface area contributed by atoms with Crippen LogP contribution in [-0.4, -0.2) is 31.8 Å². The lowest BCUT2D eigenvalue weighted by Crippen LogP contribution is -2.22. The molecular weight excluding hydrogens is 311 g/mol. The van der Waals surface area contributed by atoms with Gasteiger partial charge in [0.1, 0.15) is 4.90 Å². The molecule has 0 fully saturated rings. The summed E-state index contributed by atoms with van der Waals surface area (Å²) in [5.74, 6) is -2.47. The van der Waals surface area contributed by atoms with Gasteiger partial charge < -0.3 is 9.47 Å². The van der Waals surface area contributed by atoms with Crippen LogP contribution in [0.3, 0.4) is 0 Å². The fourth-order valence-electron chi connectivity index (χ4n) is 1.18. The zero-order valence-corrected chi connectivity index (χ0v) is 10.4. The number of hydrogen-bond donors (Lipinski definition) is 1. The van der Waals surface area contributed by atoms with E-state index in [1.54, 1.807) is 0 Å². The van der Waals surface area contributed by atoms with E-state index in [4.69, 9.17) is 0 Å². The molecule has 2 N–H and O–H groups in total. The molecule has 0 amide bonds. The Hall–Kier alpha value is -2.15. The summed E-state index contributed by atoms with van der Waals surface area (Å²) in [4.78, 5) is 11.4. The molecule has 0 bridgehead atoms. The largest absolute Gasteiger partial charge is 0.573 e. The molecule has 9 nitrogen and oxygen atoms in total. The van der Waals surface area contributed by atoms with Crippen LogP contribution in [0.15, 0.2) is 11.1 Å². The number of rotatable bonds is 4. The average molecular weight is 317 g/mol. The van der Waals surface area contributed by atoms with Crippen LogP contribution in [0.1, 0.15) is 0 Å². The Labute approximate surface area is 109 Å². The van der Waals surface area contributed by atoms with Crippen molar-refractivity contribution in [1.82, 2.24) is 4.98 Å². The van der Waals surface area contributed by atoms with Gasteiger partial charge in [-0.05, 0) is 0 Å². The second-order valence-electron chi connectivity index (χ2n) is 3.16. The number of nitro groups is 1. The number of nitrogens with two attached hydrogens (primary N) is 1. The first-order valence-corrected chi connectivity index (χ1v) is 6.02. The van der Waals surface area contributed by atoms with Crippen LogP contribution < -0.4 is 14.6 Å². The number of primary sulfonamides is 1. The summed E-state index contributed by atoms with van der Waals surface area (Å²) >= 11 is 0. The topological polar surface area (TPSA) is 135 Å². The predicted molar refractivity (Wildman–Crippen MR) is 55.5 cm³/mol. The van der Waals surface area contributed by atoms with Gasteiger partial charge in [0.25, 0.3) is 5.88 Å². The van der Waals surface area contributed by atoms with Crippen LogP contribution in [0.2, 0.25) is 0 Å². The number of nitrogens with zero attached hydrogens (tertiary/aromatic N) is 2. The molecule has 0 atom stereocenters. The van der Waals surface area contributed by atoms with Gasteiger partial charge in [0.05, 0.1) is 18.2 Å². The Bertz CT molecular complexity index is 644. The Balaban J connectivity index is 3.73. The number of alkyl halides is 3. The molecule has 0 saturated carbocycles. The Morgan fingerprint density at radius 2 is 2.00 bits per heavy atom. The number of pyridine rings is 1. The lowest BCUT2D eigenvalue weighted by Gasteiger charge is -2.13. The van der Waals surface area contributed by atoms with Crippen LogP contribution in [0.4, 0.5) is 18.9 Å². The fraction of sp³-hybridized carbons (Fsp3) is 0.286. The van der Waals surface area contributed by atoms with Crippen molar-refractivity contribution in [3.05, 3.63) is 16.3 Å². The molecule has 112 valence electrons. The molecule has 0 spiro atoms. The highest BCUT2D eigenvalue weighted by Crippen LogP contribution is 2.41. The monoisotopic (exact) mass is 317 g/mol. The van der Waals surface area contributed by atoms with E-state index in [1.807, 2.05) is 0 Å². The normalized spacial score (nSPS) is 12.1. The van der Waals surface area contributed by atoms with Gasteiger partial charge in [0.15, 0.2) is 0 Å². The first-order chi connectivity index (χ1) is 8.97. The van der Waals surface area contributed by atoms with Crippen molar-refractivity contribution < 1.29 is 36.0 Å². The molecule has 13 heteroatoms. The summed E-state index contributed by atoms with van der Waals surface area (Å²) in [6.45, 7) is 0. The van der Waals surface area contributed by atoms with Gasteiger partial charge in [-0.1, -0.05) is 0 Å². The predicted octanol–water partition coefficient (Wildman–Crippen LogP) is 0.544. The van der Waals surface area contributed by atoms with Gasteiger partial charge in [-0.2, -0.15) is 0 Å². The molecule has 0 aliphatic heterocycles. The van der Waals surface area contributed by atoms with Crippen molar-refractivity contribution >= 4 is 15.7 Å². The van der Waals surface area contributed by atoms with Crippen LogP contribution in [0, 0.1) is 10.1 Å². The summed E-state index contributed by atoms with van der Waals surface area (Å²) in [6, 6.07) is 0. The molecule has 0 aliphatic carbocycles. The average Bonchev–Trinajstić information content (AvgIpc) is 2.23. The number of halogens is 3. The van der Waals surface area contributed by atoms with Gasteiger partial charge in [0, 0.05) is 0 Å². The summed E-state index contributed by atoms with van der Waals surface area (Å²) < 4.78 is 66.8. The standard InChI is InChI=1S/C7H6F3N3O6S/c1-18-6-4(13(14)15)5(19-7(8,9)10)3(2-12-6)20(11,16)17/h2H,1H3,(H2,11,16,17). The van der Waals surface area contributed by atoms with E-state index in [-0.39, 0.29) is 0 Å². The SMILES string of the molecule is COc1ncc(S(N)(=O)=O)c(OC(F)(F)F)c1[N+](=O)[O-]. The van der Waals surface area contributed by atoms with Gasteiger partial charge in [-0.3, -0.25) is 10.1 Å². The van der Waals surface area contributed by atoms with Gasteiger partial charge in [-0.25, -0.2) is 18.5 Å². The van der Waals surface area contributed by atoms with E-state index in [2.05, 4.69) is 19.6 Å². The maximum Gasteiger partial charge on any atom is 0.573 e. The van der Waals surface area contributed by atoms with Crippen LogP contribution in [0.5, 0.6) is 11.6 Å². The molecule has 1 aromatic rings. The minimum atomic E-state index is -5.38. The molecule has 0 aromatic carbocycles. The summed E-state index contributed by atoms with van der Waals surface area (Å²) in [6.07, 6.45) is -5.02. The van der Waals surface area contributed by atoms with E-state index in [0.717, 1.165) is 7.11 Å². The Morgan fingerprint density at radius 1 is 1.45 bits per heavy atom. The first-order valence-electron chi connectivity index (χ1n) is 4.47. The lowest BCUT2D eigenvalue weighted by atomic mass is 10.3. The molecule has 20 heavy (non-hydrogen) atoms. The lowest BCUT2D eigenvalue weighted by molar-refractivity contribution is -0.390. The molecule has 0 unspecified atom stereocenters. The highest BCUT2D eigenvalue weighted by atomic mass is 32.2. The highest BCUT2D eigenvalue weighted by molar-refractivity contribution is 7.89. The fourth-order valence-corrected chi connectivity index (χ4v) is 1.77. The van der Waals surface area contributed by atoms with Crippen molar-refractivity contribution in [1.29, 1.82) is 0 Å². The highest BCUT2D eigenvalue weighted by Gasteiger charge is 2.40. The van der Waals surface area contributed by atoms with Crippen molar-refractivity contribution in [2.24, 2.45) is 5.14 Å². The third-order valence-corrected chi connectivity index (χ3v) is 2.74. The zero-order chi connectivity index (χ0) is 15.7. The van der Waals surface area contributed by atoms with E-state index in [9.17, 15) is 31.7 Å². The van der Waals surface area contributed by atoms with Gasteiger partial charge in [-0.15, -0.1) is 13.2 Å². The van der Waals surface area contributed by atoms with Gasteiger partial charge in [0.2, 0.25) is 15.8 Å². The number of ether oxygens (including phenoxy) is 2. The molecule has 1 aromatic heterocycles. The third-order valence-electron chi connectivity index (χ3n) is 1.84. The number of aromatic nitrogens is 1. The number of sulfonamides is 1.